The van der Waals surface area contributed by atoms with Crippen molar-refractivity contribution in [3.63, 3.8) is 0 Å². The van der Waals surface area contributed by atoms with Crippen LogP contribution in [-0.2, 0) is 20.3 Å². The summed E-state index contributed by atoms with van der Waals surface area (Å²) in [7, 11) is -4.48. The summed E-state index contributed by atoms with van der Waals surface area (Å²) in [5.74, 6) is 0.820. The van der Waals surface area contributed by atoms with Crippen molar-refractivity contribution in [1.82, 2.24) is 4.90 Å². The Hall–Kier alpha value is -1.40. The number of likely N-dealkylation sites (tertiary alicyclic amines) is 1. The Balaban J connectivity index is 1.56. The van der Waals surface area contributed by atoms with E-state index in [9.17, 15) is 9.36 Å². The van der Waals surface area contributed by atoms with Crippen LogP contribution in [0.5, 0.6) is 5.75 Å². The highest BCUT2D eigenvalue weighted by atomic mass is 31.2. The number of aryl methyl sites for hydroxylation is 1. The summed E-state index contributed by atoms with van der Waals surface area (Å²) >= 11 is 0. The largest absolute Gasteiger partial charge is 0.494 e. The molecule has 0 bridgehead atoms. The zero-order valence-electron chi connectivity index (χ0n) is 17.3. The second kappa shape index (κ2) is 12.3. The highest BCUT2D eigenvalue weighted by Gasteiger charge is 2.35. The van der Waals surface area contributed by atoms with Crippen LogP contribution in [0, 0.1) is 0 Å². The van der Waals surface area contributed by atoms with Gasteiger partial charge in [0.25, 0.3) is 0 Å². The summed E-state index contributed by atoms with van der Waals surface area (Å²) in [4.78, 5) is 31.2. The van der Waals surface area contributed by atoms with Crippen molar-refractivity contribution < 1.29 is 28.4 Å². The van der Waals surface area contributed by atoms with Gasteiger partial charge in [-0.25, -0.2) is 4.57 Å². The lowest BCUT2D eigenvalue weighted by molar-refractivity contribution is -0.140. The Morgan fingerprint density at radius 3 is 2.31 bits per heavy atom. The first-order valence-corrected chi connectivity index (χ1v) is 12.1. The molecule has 29 heavy (non-hydrogen) atoms. The first kappa shape index (κ1) is 23.9. The third-order valence-corrected chi connectivity index (χ3v) is 5.63. The molecule has 1 saturated heterocycles. The lowest BCUT2D eigenvalue weighted by Gasteiger charge is -2.38. The molecule has 0 saturated carbocycles. The Labute approximate surface area is 173 Å². The number of nitrogens with zero attached hydrogens (tertiary/aromatic N) is 1. The van der Waals surface area contributed by atoms with Gasteiger partial charge in [0.2, 0.25) is 5.91 Å². The molecular formula is C21H34NO6P. The number of hydrogen-bond donors (Lipinski definition) is 2. The highest BCUT2D eigenvalue weighted by Crippen LogP contribution is 2.39. The minimum Gasteiger partial charge on any atom is -0.494 e. The highest BCUT2D eigenvalue weighted by molar-refractivity contribution is 7.46. The van der Waals surface area contributed by atoms with Crippen molar-refractivity contribution in [2.45, 2.75) is 70.8 Å². The molecule has 7 nitrogen and oxygen atoms in total. The Kier molecular flexibility index (Phi) is 10.2. The molecule has 0 aliphatic carbocycles. The third kappa shape index (κ3) is 9.77. The molecule has 1 fully saturated rings. The second-order valence-corrected chi connectivity index (χ2v) is 8.82. The summed E-state index contributed by atoms with van der Waals surface area (Å²) in [6.45, 7) is 3.43. The standard InChI is InChI=1S/C21H34NO6P/c1-2-3-4-5-6-7-8-15-27-19-12-9-18(10-13-19)11-14-21(23)22-16-20(17-22)28-29(24,25)26/h9-10,12-13,20H,2-8,11,14-17H2,1H3,(H2,24,25,26). The second-order valence-electron chi connectivity index (χ2n) is 7.63. The number of carbonyl (C=O) groups excluding carboxylic acids is 1. The summed E-state index contributed by atoms with van der Waals surface area (Å²) in [6, 6.07) is 7.83. The average Bonchev–Trinajstić information content (AvgIpc) is 2.65. The van der Waals surface area contributed by atoms with Gasteiger partial charge in [0.15, 0.2) is 0 Å². The number of unbranched alkanes of at least 4 members (excludes halogenated alkanes) is 6. The molecule has 8 heteroatoms. The van der Waals surface area contributed by atoms with Crippen LogP contribution in [0.3, 0.4) is 0 Å². The fourth-order valence-corrected chi connectivity index (χ4v) is 3.84. The summed E-state index contributed by atoms with van der Waals surface area (Å²) in [5.41, 5.74) is 1.06. The van der Waals surface area contributed by atoms with E-state index in [0.29, 0.717) is 12.8 Å². The number of amides is 1. The van der Waals surface area contributed by atoms with E-state index in [1.165, 1.54) is 38.5 Å². The van der Waals surface area contributed by atoms with E-state index in [4.69, 9.17) is 14.5 Å². The van der Waals surface area contributed by atoms with Crippen LogP contribution in [0.25, 0.3) is 0 Å². The zero-order chi connectivity index (χ0) is 21.1. The number of ether oxygens (including phenoxy) is 1. The Bertz CT molecular complexity index is 654. The van der Waals surface area contributed by atoms with Crippen LogP contribution in [-0.4, -0.2) is 46.4 Å². The van der Waals surface area contributed by atoms with Crippen molar-refractivity contribution in [2.24, 2.45) is 0 Å². The molecule has 0 radical (unpaired) electrons. The van der Waals surface area contributed by atoms with Gasteiger partial charge in [0.05, 0.1) is 6.61 Å². The normalized spacial score (nSPS) is 14.7. The fourth-order valence-electron chi connectivity index (χ4n) is 3.31. The van der Waals surface area contributed by atoms with Gasteiger partial charge in [-0.2, -0.15) is 0 Å². The van der Waals surface area contributed by atoms with Crippen molar-refractivity contribution in [3.8, 4) is 5.75 Å². The molecule has 1 aliphatic rings. The molecule has 1 heterocycles. The quantitative estimate of drug-likeness (QED) is 0.343. The zero-order valence-corrected chi connectivity index (χ0v) is 18.2. The van der Waals surface area contributed by atoms with Gasteiger partial charge in [0, 0.05) is 19.5 Å². The molecule has 0 atom stereocenters. The number of carbonyl (C=O) groups is 1. The van der Waals surface area contributed by atoms with Crippen LogP contribution < -0.4 is 4.74 Å². The van der Waals surface area contributed by atoms with Crippen molar-refractivity contribution in [3.05, 3.63) is 29.8 Å². The van der Waals surface area contributed by atoms with Crippen molar-refractivity contribution >= 4 is 13.7 Å². The van der Waals surface area contributed by atoms with Gasteiger partial charge in [-0.3, -0.25) is 9.32 Å². The smallest absolute Gasteiger partial charge is 0.469 e. The summed E-state index contributed by atoms with van der Waals surface area (Å²) in [5, 5.41) is 0. The lowest BCUT2D eigenvalue weighted by atomic mass is 10.1. The van der Waals surface area contributed by atoms with E-state index in [1.807, 2.05) is 24.3 Å². The molecular weight excluding hydrogens is 393 g/mol. The molecule has 0 unspecified atom stereocenters. The van der Waals surface area contributed by atoms with Gasteiger partial charge in [-0.05, 0) is 30.5 Å². The van der Waals surface area contributed by atoms with E-state index in [1.54, 1.807) is 4.90 Å². The topological polar surface area (TPSA) is 96.3 Å². The molecule has 1 amide bonds. The van der Waals surface area contributed by atoms with Crippen LogP contribution in [0.1, 0.15) is 63.9 Å². The van der Waals surface area contributed by atoms with Gasteiger partial charge >= 0.3 is 7.82 Å². The molecule has 2 N–H and O–H groups in total. The van der Waals surface area contributed by atoms with Crippen molar-refractivity contribution in [1.29, 1.82) is 0 Å². The number of rotatable bonds is 14. The maximum atomic E-state index is 12.1. The van der Waals surface area contributed by atoms with E-state index >= 15 is 0 Å². The van der Waals surface area contributed by atoms with Crippen molar-refractivity contribution in [2.75, 3.05) is 19.7 Å². The van der Waals surface area contributed by atoms with Gasteiger partial charge in [-0.15, -0.1) is 0 Å². The SMILES string of the molecule is CCCCCCCCCOc1ccc(CCC(=O)N2CC(OP(=O)(O)O)C2)cc1. The summed E-state index contributed by atoms with van der Waals surface area (Å²) in [6.07, 6.45) is 9.23. The van der Waals surface area contributed by atoms with E-state index in [2.05, 4.69) is 11.4 Å². The molecule has 0 aromatic heterocycles. The minimum absolute atomic E-state index is 0.0326. The van der Waals surface area contributed by atoms with E-state index < -0.39 is 13.9 Å². The predicted octanol–water partition coefficient (Wildman–Crippen LogP) is 4.07. The Morgan fingerprint density at radius 1 is 1.07 bits per heavy atom. The number of phosphoric ester groups is 1. The number of phosphoric acid groups is 1. The Morgan fingerprint density at radius 2 is 1.69 bits per heavy atom. The van der Waals surface area contributed by atoms with Crippen LogP contribution >= 0.6 is 7.82 Å². The van der Waals surface area contributed by atoms with Gasteiger partial charge in [-0.1, -0.05) is 57.6 Å². The number of hydrogen-bond acceptors (Lipinski definition) is 4. The molecule has 2 rings (SSSR count). The maximum absolute atomic E-state index is 12.1. The number of benzene rings is 1. The minimum atomic E-state index is -4.48. The fraction of sp³-hybridized carbons (Fsp3) is 0.667. The van der Waals surface area contributed by atoms with Gasteiger partial charge in [0.1, 0.15) is 11.9 Å². The molecule has 164 valence electrons. The molecule has 1 aromatic rings. The van der Waals surface area contributed by atoms with Gasteiger partial charge < -0.3 is 19.4 Å². The predicted molar refractivity (Wildman–Crippen MR) is 112 cm³/mol. The first-order valence-electron chi connectivity index (χ1n) is 10.6. The van der Waals surface area contributed by atoms with Crippen LogP contribution in [0.4, 0.5) is 0 Å². The van der Waals surface area contributed by atoms with Crippen LogP contribution in [0.2, 0.25) is 0 Å². The molecule has 1 aromatic carbocycles. The average molecular weight is 427 g/mol. The maximum Gasteiger partial charge on any atom is 0.469 e. The van der Waals surface area contributed by atoms with E-state index in [0.717, 1.165) is 24.3 Å². The molecule has 1 aliphatic heterocycles. The third-order valence-electron chi connectivity index (χ3n) is 5.05. The summed E-state index contributed by atoms with van der Waals surface area (Å²) < 4.78 is 21.1. The lowest BCUT2D eigenvalue weighted by Crippen LogP contribution is -2.54. The monoisotopic (exact) mass is 427 g/mol. The van der Waals surface area contributed by atoms with E-state index in [-0.39, 0.29) is 19.0 Å². The first-order chi connectivity index (χ1) is 13.9. The van der Waals surface area contributed by atoms with Crippen LogP contribution in [0.15, 0.2) is 24.3 Å². The molecule has 0 spiro atoms.